The van der Waals surface area contributed by atoms with E-state index in [0.29, 0.717) is 23.3 Å². The van der Waals surface area contributed by atoms with Gasteiger partial charge in [0.25, 0.3) is 0 Å². The predicted molar refractivity (Wildman–Crippen MR) is 293 cm³/mol. The fourth-order valence-electron chi connectivity index (χ4n) is 7.67. The molecule has 3 rings (SSSR count). The number of thioether (sulfide) groups is 1. The third-order valence-electron chi connectivity index (χ3n) is 11.7. The SMILES string of the molecule is COC(=O)C(CSC(CC(=O)O)C(=O)NCC(=O)NCCNC(=O)C(CCN(C(=O)CO)C(c1cc(-c2cc(F)ccc2F)cn1Cc1ccccc1)C(C)(C)C)NC(=O)OCC[Si](C)(C)C)NC(=O)OCC[Si](C)(C)C. The summed E-state index contributed by atoms with van der Waals surface area (Å²) in [4.78, 5) is 105. The van der Waals surface area contributed by atoms with Crippen LogP contribution in [0.15, 0.2) is 60.8 Å². The van der Waals surface area contributed by atoms with Gasteiger partial charge in [-0.05, 0) is 53.8 Å². The van der Waals surface area contributed by atoms with E-state index in [1.54, 1.807) is 12.3 Å². The largest absolute Gasteiger partial charge is 0.481 e. The van der Waals surface area contributed by atoms with Crippen LogP contribution in [0.5, 0.6) is 0 Å². The van der Waals surface area contributed by atoms with Crippen LogP contribution >= 0.6 is 11.8 Å². The Bertz CT molecular complexity index is 2490. The molecule has 0 aliphatic rings. The number of aliphatic carboxylic acids is 1. The molecule has 0 fully saturated rings. The third kappa shape index (κ3) is 23.4. The molecule has 426 valence electrons. The zero-order valence-corrected chi connectivity index (χ0v) is 48.5. The van der Waals surface area contributed by atoms with Crippen LogP contribution in [0.3, 0.4) is 0 Å². The molecule has 0 spiro atoms. The zero-order chi connectivity index (χ0) is 57.7. The smallest absolute Gasteiger partial charge is 0.407 e. The van der Waals surface area contributed by atoms with Gasteiger partial charge in [-0.25, -0.2) is 23.2 Å². The quantitative estimate of drug-likeness (QED) is 0.0182. The molecule has 3 aromatic rings. The first-order valence-corrected chi connectivity index (χ1v) is 33.7. The van der Waals surface area contributed by atoms with Gasteiger partial charge in [-0.1, -0.05) is 90.4 Å². The lowest BCUT2D eigenvalue weighted by atomic mass is 9.82. The van der Waals surface area contributed by atoms with Gasteiger partial charge in [0, 0.05) is 71.1 Å². The van der Waals surface area contributed by atoms with E-state index in [1.165, 1.54) is 4.90 Å². The van der Waals surface area contributed by atoms with Crippen LogP contribution in [0.2, 0.25) is 51.4 Å². The Labute approximate surface area is 455 Å². The van der Waals surface area contributed by atoms with Crippen molar-refractivity contribution in [2.75, 3.05) is 58.9 Å². The maximum atomic E-state index is 15.3. The molecule has 1 aromatic heterocycles. The van der Waals surface area contributed by atoms with Gasteiger partial charge < -0.3 is 60.5 Å². The van der Waals surface area contributed by atoms with E-state index >= 15 is 4.39 Å². The van der Waals surface area contributed by atoms with E-state index in [1.807, 2.05) is 55.7 Å². The van der Waals surface area contributed by atoms with Gasteiger partial charge in [-0.3, -0.25) is 24.0 Å². The molecule has 4 atom stereocenters. The Balaban J connectivity index is 1.78. The molecule has 0 aliphatic heterocycles. The standard InChI is InChI=1S/C52H77F2N7O13SSi2/c1-52(2,3)46(41-26-35(37-27-36(53)16-17-38(37)54)31-60(41)30-34-14-12-11-13-15-34)61(44(64)32-62)21-18-39(58-50(70)73-22-24-76(5,6)7)47(67)56-20-19-55-43(63)29-57-48(68)42(28-45(65)66)75-33-40(49(69)72-4)59-51(71)74-23-25-77(8,9)10/h11-17,26-27,31,39-40,42,46,62H,18-25,28-30,32-33H2,1-10H3,(H,55,63)(H,56,67)(H,57,68)(H,58,70)(H,59,71)(H,65,66). The number of rotatable bonds is 30. The van der Waals surface area contributed by atoms with Crippen molar-refractivity contribution in [2.24, 2.45) is 5.41 Å². The van der Waals surface area contributed by atoms with Gasteiger partial charge in [-0.2, -0.15) is 0 Å². The number of amides is 6. The molecule has 25 heteroatoms. The summed E-state index contributed by atoms with van der Waals surface area (Å²) in [6.07, 6.45) is -1.02. The summed E-state index contributed by atoms with van der Waals surface area (Å²) in [6.45, 7) is 16.5. The van der Waals surface area contributed by atoms with Gasteiger partial charge >= 0.3 is 24.1 Å². The molecule has 2 aromatic carbocycles. The number of carbonyl (C=O) groups excluding carboxylic acids is 7. The number of nitrogens with zero attached hydrogens (tertiary/aromatic N) is 2. The number of aliphatic hydroxyl groups is 1. The molecule has 1 heterocycles. The first-order chi connectivity index (χ1) is 36.0. The Morgan fingerprint density at radius 2 is 1.39 bits per heavy atom. The lowest BCUT2D eigenvalue weighted by molar-refractivity contribution is -0.142. The maximum absolute atomic E-state index is 15.3. The number of halogens is 2. The fourth-order valence-corrected chi connectivity index (χ4v) is 10.2. The summed E-state index contributed by atoms with van der Waals surface area (Å²) in [7, 11) is -2.08. The number of alkyl carbamates (subject to hydrolysis) is 2. The second-order valence-corrected chi connectivity index (χ2v) is 34.3. The Kier molecular flexibility index (Phi) is 25.8. The molecular weight excluding hydrogens is 1060 g/mol. The molecular formula is C52H77F2N7O13SSi2. The van der Waals surface area contributed by atoms with Crippen molar-refractivity contribution in [3.8, 4) is 11.1 Å². The number of nitrogens with one attached hydrogen (secondary N) is 5. The second-order valence-electron chi connectivity index (χ2n) is 21.8. The van der Waals surface area contributed by atoms with E-state index in [0.717, 1.165) is 42.6 Å². The average Bonchev–Trinajstić information content (AvgIpc) is 3.74. The van der Waals surface area contributed by atoms with Crippen LogP contribution in [-0.2, 0) is 49.5 Å². The van der Waals surface area contributed by atoms with E-state index in [4.69, 9.17) is 14.2 Å². The highest BCUT2D eigenvalue weighted by molar-refractivity contribution is 8.00. The van der Waals surface area contributed by atoms with Crippen LogP contribution in [0.1, 0.15) is 50.9 Å². The Morgan fingerprint density at radius 1 is 0.792 bits per heavy atom. The van der Waals surface area contributed by atoms with Crippen LogP contribution in [0.4, 0.5) is 18.4 Å². The number of aromatic nitrogens is 1. The lowest BCUT2D eigenvalue weighted by Crippen LogP contribution is -2.51. The molecule has 0 aliphatic carbocycles. The maximum Gasteiger partial charge on any atom is 0.407 e. The minimum atomic E-state index is -1.64. The Hall–Kier alpha value is -6.32. The van der Waals surface area contributed by atoms with Gasteiger partial charge in [0.1, 0.15) is 30.3 Å². The molecule has 4 unspecified atom stereocenters. The topological polar surface area (TPSA) is 273 Å². The first kappa shape index (κ1) is 65.0. The molecule has 0 saturated carbocycles. The number of methoxy groups -OCH3 is 1. The van der Waals surface area contributed by atoms with E-state index in [2.05, 4.69) is 65.9 Å². The monoisotopic (exact) mass is 1130 g/mol. The van der Waals surface area contributed by atoms with Gasteiger partial charge in [-0.15, -0.1) is 11.8 Å². The average molecular weight is 1130 g/mol. The van der Waals surface area contributed by atoms with Gasteiger partial charge in [0.05, 0.1) is 44.6 Å². The minimum Gasteiger partial charge on any atom is -0.481 e. The Morgan fingerprint density at radius 3 is 1.95 bits per heavy atom. The van der Waals surface area contributed by atoms with E-state index in [9.17, 15) is 53.0 Å². The van der Waals surface area contributed by atoms with E-state index < -0.39 is 124 Å². The molecule has 0 saturated heterocycles. The highest BCUT2D eigenvalue weighted by Gasteiger charge is 2.38. The zero-order valence-electron chi connectivity index (χ0n) is 45.7. The predicted octanol–water partition coefficient (Wildman–Crippen LogP) is 5.74. The number of ether oxygens (including phenoxy) is 3. The van der Waals surface area contributed by atoms with Crippen molar-refractivity contribution in [1.29, 1.82) is 0 Å². The number of esters is 1. The number of carboxylic acid groups (broad SMARTS) is 1. The van der Waals surface area contributed by atoms with Crippen molar-refractivity contribution in [2.45, 2.75) is 115 Å². The van der Waals surface area contributed by atoms with Gasteiger partial charge in [0.15, 0.2) is 0 Å². The highest BCUT2D eigenvalue weighted by atomic mass is 32.2. The number of carbonyl (C=O) groups is 8. The van der Waals surface area contributed by atoms with Crippen molar-refractivity contribution >= 4 is 75.7 Å². The van der Waals surface area contributed by atoms with Crippen LogP contribution in [0.25, 0.3) is 11.1 Å². The number of hydrogen-bond acceptors (Lipinski definition) is 13. The number of carboxylic acids is 1. The molecule has 20 nitrogen and oxygen atoms in total. The minimum absolute atomic E-state index is 0.00955. The normalized spacial score (nSPS) is 13.2. The summed E-state index contributed by atoms with van der Waals surface area (Å²) in [5.74, 6) is -6.79. The molecule has 7 N–H and O–H groups in total. The summed E-state index contributed by atoms with van der Waals surface area (Å²) < 4.78 is 47.1. The number of hydrogen-bond donors (Lipinski definition) is 7. The fraction of sp³-hybridized carbons (Fsp3) is 0.538. The van der Waals surface area contributed by atoms with E-state index in [-0.39, 0.29) is 57.1 Å². The van der Waals surface area contributed by atoms with Crippen molar-refractivity contribution < 1.29 is 71.6 Å². The van der Waals surface area contributed by atoms with Crippen LogP contribution in [-0.4, -0.2) is 160 Å². The second kappa shape index (κ2) is 30.6. The summed E-state index contributed by atoms with van der Waals surface area (Å²) in [5, 5.41) is 31.2. The number of benzene rings is 2. The van der Waals surface area contributed by atoms with Crippen molar-refractivity contribution in [1.82, 2.24) is 36.1 Å². The number of aliphatic hydroxyl groups excluding tert-OH is 1. The molecule has 0 radical (unpaired) electrons. The molecule has 77 heavy (non-hydrogen) atoms. The van der Waals surface area contributed by atoms with Crippen molar-refractivity contribution in [3.05, 3.63) is 83.7 Å². The lowest BCUT2D eigenvalue weighted by Gasteiger charge is -2.41. The molecule has 0 bridgehead atoms. The highest BCUT2D eigenvalue weighted by Crippen LogP contribution is 2.41. The summed E-state index contributed by atoms with van der Waals surface area (Å²) >= 11 is 0.747. The first-order valence-electron chi connectivity index (χ1n) is 25.2. The molecule has 6 amide bonds. The van der Waals surface area contributed by atoms with Crippen LogP contribution < -0.4 is 26.6 Å². The summed E-state index contributed by atoms with van der Waals surface area (Å²) in [6, 6.07) is 12.0. The van der Waals surface area contributed by atoms with Gasteiger partial charge in [0.2, 0.25) is 23.6 Å². The third-order valence-corrected chi connectivity index (χ3v) is 16.5. The van der Waals surface area contributed by atoms with Crippen molar-refractivity contribution in [3.63, 3.8) is 0 Å². The van der Waals surface area contributed by atoms with Crippen LogP contribution in [0, 0.1) is 17.0 Å². The summed E-state index contributed by atoms with van der Waals surface area (Å²) in [5.41, 5.74) is 0.902.